The van der Waals surface area contributed by atoms with Gasteiger partial charge in [0.2, 0.25) is 0 Å². The zero-order valence-corrected chi connectivity index (χ0v) is 22.2. The highest BCUT2D eigenvalue weighted by Crippen LogP contribution is 2.41. The standard InChI is InChI=1S/C30H34N4O5/c1-36-25-12-8-23(9-13-25)30(22-6-4-3-5-7-22,24-10-14-26(37-2)15-11-24)39-20-27(16-18-31)38-21-34-19-17-28(32)33-29(34)35/h3-15,17,19,27H,16,18,20-21,31H2,1-2H3,(H2,32,33,35)/t27-/m0/s1. The fraction of sp³-hybridized carbons (Fsp3) is 0.267. The van der Waals surface area contributed by atoms with Gasteiger partial charge in [-0.15, -0.1) is 0 Å². The molecule has 0 aliphatic rings. The van der Waals surface area contributed by atoms with Gasteiger partial charge in [-0.2, -0.15) is 4.98 Å². The molecule has 1 atom stereocenters. The van der Waals surface area contributed by atoms with Crippen LogP contribution in [-0.4, -0.2) is 43.0 Å². The molecule has 0 saturated carbocycles. The largest absolute Gasteiger partial charge is 0.497 e. The third kappa shape index (κ3) is 6.46. The SMILES string of the molecule is COc1ccc(C(OC[C@H](CCN)OCn2ccc(N)nc2=O)(c2ccccc2)c2ccc(OC)cc2)cc1. The summed E-state index contributed by atoms with van der Waals surface area (Å²) in [7, 11) is 3.27. The summed E-state index contributed by atoms with van der Waals surface area (Å²) < 4.78 is 25.2. The van der Waals surface area contributed by atoms with Gasteiger partial charge in [-0.05, 0) is 60.0 Å². The normalized spacial score (nSPS) is 12.2. The minimum absolute atomic E-state index is 0.0104. The molecule has 9 nitrogen and oxygen atoms in total. The highest BCUT2D eigenvalue weighted by molar-refractivity contribution is 5.49. The van der Waals surface area contributed by atoms with Gasteiger partial charge in [-0.25, -0.2) is 4.79 Å². The second-order valence-electron chi connectivity index (χ2n) is 8.92. The maximum Gasteiger partial charge on any atom is 0.351 e. The fourth-order valence-corrected chi connectivity index (χ4v) is 4.42. The Labute approximate surface area is 227 Å². The number of hydrogen-bond acceptors (Lipinski definition) is 8. The van der Waals surface area contributed by atoms with E-state index in [2.05, 4.69) is 4.98 Å². The number of nitrogen functional groups attached to an aromatic ring is 1. The summed E-state index contributed by atoms with van der Waals surface area (Å²) >= 11 is 0. The highest BCUT2D eigenvalue weighted by Gasteiger charge is 2.38. The molecule has 4 aromatic rings. The molecule has 0 amide bonds. The van der Waals surface area contributed by atoms with Gasteiger partial charge in [0.1, 0.15) is 29.6 Å². The van der Waals surface area contributed by atoms with Crippen LogP contribution in [0.4, 0.5) is 5.82 Å². The molecule has 1 heterocycles. The first-order valence-corrected chi connectivity index (χ1v) is 12.6. The number of hydrogen-bond donors (Lipinski definition) is 2. The van der Waals surface area contributed by atoms with Crippen LogP contribution in [0.5, 0.6) is 11.5 Å². The quantitative estimate of drug-likeness (QED) is 0.252. The van der Waals surface area contributed by atoms with Crippen LogP contribution in [-0.2, 0) is 21.8 Å². The van der Waals surface area contributed by atoms with Crippen LogP contribution in [0.1, 0.15) is 23.1 Å². The summed E-state index contributed by atoms with van der Waals surface area (Å²) in [6, 6.07) is 27.2. The minimum atomic E-state index is -0.990. The van der Waals surface area contributed by atoms with Crippen LogP contribution in [0.15, 0.2) is 95.9 Å². The number of aromatic nitrogens is 2. The lowest BCUT2D eigenvalue weighted by Gasteiger charge is -2.37. The van der Waals surface area contributed by atoms with Crippen LogP contribution in [0.25, 0.3) is 0 Å². The summed E-state index contributed by atoms with van der Waals surface area (Å²) in [6.07, 6.45) is 1.67. The van der Waals surface area contributed by atoms with Crippen molar-refractivity contribution in [3.8, 4) is 11.5 Å². The molecule has 4 N–H and O–H groups in total. The molecule has 0 unspecified atom stereocenters. The predicted molar refractivity (Wildman–Crippen MR) is 150 cm³/mol. The van der Waals surface area contributed by atoms with Gasteiger partial charge in [0, 0.05) is 6.20 Å². The zero-order valence-electron chi connectivity index (χ0n) is 22.2. The minimum Gasteiger partial charge on any atom is -0.497 e. The van der Waals surface area contributed by atoms with Crippen molar-refractivity contribution >= 4 is 5.82 Å². The van der Waals surface area contributed by atoms with Crippen molar-refractivity contribution in [1.29, 1.82) is 0 Å². The molecule has 9 heteroatoms. The Bertz CT molecular complexity index is 1330. The molecule has 0 fully saturated rings. The van der Waals surface area contributed by atoms with Crippen molar-refractivity contribution < 1.29 is 18.9 Å². The van der Waals surface area contributed by atoms with E-state index in [1.807, 2.05) is 78.9 Å². The number of methoxy groups -OCH3 is 2. The van der Waals surface area contributed by atoms with Crippen LogP contribution >= 0.6 is 0 Å². The number of rotatable bonds is 13. The Morgan fingerprint density at radius 1 is 0.846 bits per heavy atom. The lowest BCUT2D eigenvalue weighted by molar-refractivity contribution is -0.0842. The lowest BCUT2D eigenvalue weighted by Crippen LogP contribution is -2.37. The molecular formula is C30H34N4O5. The fourth-order valence-electron chi connectivity index (χ4n) is 4.42. The molecule has 204 valence electrons. The Hall–Kier alpha value is -4.18. The number of ether oxygens (including phenoxy) is 4. The number of nitrogens with zero attached hydrogens (tertiary/aromatic N) is 2. The van der Waals surface area contributed by atoms with Crippen molar-refractivity contribution in [2.24, 2.45) is 5.73 Å². The second kappa shape index (κ2) is 13.1. The van der Waals surface area contributed by atoms with Gasteiger partial charge in [-0.1, -0.05) is 54.6 Å². The zero-order chi connectivity index (χ0) is 27.7. The number of nitrogens with two attached hydrogens (primary N) is 2. The maximum absolute atomic E-state index is 12.2. The third-order valence-corrected chi connectivity index (χ3v) is 6.49. The summed E-state index contributed by atoms with van der Waals surface area (Å²) in [5, 5.41) is 0. The van der Waals surface area contributed by atoms with Crippen LogP contribution < -0.4 is 26.6 Å². The smallest absolute Gasteiger partial charge is 0.351 e. The van der Waals surface area contributed by atoms with Gasteiger partial charge in [0.25, 0.3) is 0 Å². The van der Waals surface area contributed by atoms with Crippen molar-refractivity contribution in [1.82, 2.24) is 9.55 Å². The first kappa shape index (κ1) is 27.8. The molecule has 0 aliphatic heterocycles. The maximum atomic E-state index is 12.2. The molecule has 4 rings (SSSR count). The van der Waals surface area contributed by atoms with Crippen molar-refractivity contribution in [3.63, 3.8) is 0 Å². The summed E-state index contributed by atoms with van der Waals surface area (Å²) in [6.45, 7) is 0.567. The van der Waals surface area contributed by atoms with Crippen molar-refractivity contribution in [2.75, 3.05) is 33.1 Å². The lowest BCUT2D eigenvalue weighted by atomic mass is 9.80. The molecular weight excluding hydrogens is 496 g/mol. The average molecular weight is 531 g/mol. The van der Waals surface area contributed by atoms with Crippen molar-refractivity contribution in [2.45, 2.75) is 24.9 Å². The van der Waals surface area contributed by atoms with E-state index in [0.717, 1.165) is 28.2 Å². The second-order valence-corrected chi connectivity index (χ2v) is 8.92. The van der Waals surface area contributed by atoms with Gasteiger partial charge in [0.15, 0.2) is 0 Å². The van der Waals surface area contributed by atoms with E-state index in [1.165, 1.54) is 4.57 Å². The van der Waals surface area contributed by atoms with Gasteiger partial charge >= 0.3 is 5.69 Å². The molecule has 0 spiro atoms. The van der Waals surface area contributed by atoms with Gasteiger partial charge < -0.3 is 30.4 Å². The molecule has 39 heavy (non-hydrogen) atoms. The van der Waals surface area contributed by atoms with E-state index >= 15 is 0 Å². The average Bonchev–Trinajstić information content (AvgIpc) is 2.98. The van der Waals surface area contributed by atoms with Gasteiger partial charge in [0.05, 0.1) is 26.9 Å². The number of anilines is 1. The van der Waals surface area contributed by atoms with Gasteiger partial charge in [-0.3, -0.25) is 4.57 Å². The van der Waals surface area contributed by atoms with E-state index in [1.54, 1.807) is 26.5 Å². The highest BCUT2D eigenvalue weighted by atomic mass is 16.5. The van der Waals surface area contributed by atoms with E-state index in [4.69, 9.17) is 30.4 Å². The van der Waals surface area contributed by atoms with E-state index in [0.29, 0.717) is 13.0 Å². The first-order chi connectivity index (χ1) is 19.0. The third-order valence-electron chi connectivity index (χ3n) is 6.49. The topological polar surface area (TPSA) is 124 Å². The monoisotopic (exact) mass is 530 g/mol. The summed E-state index contributed by atoms with van der Waals surface area (Å²) in [5.74, 6) is 1.63. The van der Waals surface area contributed by atoms with Crippen LogP contribution in [0.2, 0.25) is 0 Å². The molecule has 3 aromatic carbocycles. The summed E-state index contributed by atoms with van der Waals surface area (Å²) in [5.41, 5.74) is 12.8. The summed E-state index contributed by atoms with van der Waals surface area (Å²) in [4.78, 5) is 16.0. The first-order valence-electron chi connectivity index (χ1n) is 12.6. The Morgan fingerprint density at radius 2 is 1.41 bits per heavy atom. The van der Waals surface area contributed by atoms with Crippen LogP contribution in [0, 0.1) is 0 Å². The van der Waals surface area contributed by atoms with E-state index in [-0.39, 0.29) is 19.2 Å². The molecule has 0 bridgehead atoms. The van der Waals surface area contributed by atoms with E-state index in [9.17, 15) is 4.79 Å². The molecule has 0 radical (unpaired) electrons. The van der Waals surface area contributed by atoms with E-state index < -0.39 is 17.4 Å². The molecule has 1 aromatic heterocycles. The molecule has 0 saturated heterocycles. The van der Waals surface area contributed by atoms with Crippen molar-refractivity contribution in [3.05, 3.63) is 118 Å². The Balaban J connectivity index is 1.73. The number of benzene rings is 3. The Morgan fingerprint density at radius 3 is 1.92 bits per heavy atom. The van der Waals surface area contributed by atoms with Crippen LogP contribution in [0.3, 0.4) is 0 Å². The Kier molecular flexibility index (Phi) is 9.32. The predicted octanol–water partition coefficient (Wildman–Crippen LogP) is 3.54. The molecule has 0 aliphatic carbocycles.